The summed E-state index contributed by atoms with van der Waals surface area (Å²) >= 11 is 0. The van der Waals surface area contributed by atoms with Gasteiger partial charge in [-0.25, -0.2) is 0 Å². The molecule has 0 spiro atoms. The van der Waals surface area contributed by atoms with Gasteiger partial charge in [0.25, 0.3) is 0 Å². The summed E-state index contributed by atoms with van der Waals surface area (Å²) < 4.78 is 16.9. The van der Waals surface area contributed by atoms with Crippen LogP contribution in [0.2, 0.25) is 0 Å². The van der Waals surface area contributed by atoms with Gasteiger partial charge in [-0.3, -0.25) is 4.57 Å². The second-order valence-electron chi connectivity index (χ2n) is 3.73. The van der Waals surface area contributed by atoms with Crippen molar-refractivity contribution in [3.63, 3.8) is 0 Å². The van der Waals surface area contributed by atoms with Gasteiger partial charge in [-0.1, -0.05) is 12.1 Å². The Labute approximate surface area is 95.3 Å². The number of phenols is 1. The molecule has 0 aromatic heterocycles. The fourth-order valence-corrected chi connectivity index (χ4v) is 2.97. The molecule has 0 amide bonds. The lowest BCUT2D eigenvalue weighted by atomic mass is 10.1. The number of hydrogen-bond acceptors (Lipinski definition) is 4. The van der Waals surface area contributed by atoms with E-state index in [4.69, 9.17) is 4.52 Å². The maximum absolute atomic E-state index is 11.8. The molecule has 1 aromatic carbocycles. The van der Waals surface area contributed by atoms with Crippen molar-refractivity contribution in [2.75, 3.05) is 19.4 Å². The van der Waals surface area contributed by atoms with E-state index in [1.54, 1.807) is 19.1 Å². The molecule has 0 aliphatic rings. The largest absolute Gasteiger partial charge is 0.508 e. The summed E-state index contributed by atoms with van der Waals surface area (Å²) in [5, 5.41) is 19.1. The van der Waals surface area contributed by atoms with E-state index < -0.39 is 13.5 Å². The van der Waals surface area contributed by atoms with Crippen molar-refractivity contribution in [2.24, 2.45) is 0 Å². The van der Waals surface area contributed by atoms with Crippen LogP contribution in [-0.2, 0) is 9.09 Å². The van der Waals surface area contributed by atoms with Crippen LogP contribution < -0.4 is 0 Å². The molecule has 0 saturated carbocycles. The third-order valence-corrected chi connectivity index (χ3v) is 3.98. The standard InChI is InChI=1S/C11H17O4P/c1-3-15-16(2,14)8-11(13)9-5-4-6-10(12)7-9/h4-7,11-13H,3,8H2,1-2H3/t11-,16?/m1/s1. The molecule has 0 radical (unpaired) electrons. The van der Waals surface area contributed by atoms with Gasteiger partial charge < -0.3 is 14.7 Å². The van der Waals surface area contributed by atoms with Crippen molar-refractivity contribution in [3.05, 3.63) is 29.8 Å². The van der Waals surface area contributed by atoms with Crippen molar-refractivity contribution >= 4 is 7.37 Å². The first-order valence-corrected chi connectivity index (χ1v) is 7.38. The molecular formula is C11H17O4P. The molecule has 5 heteroatoms. The minimum Gasteiger partial charge on any atom is -0.508 e. The van der Waals surface area contributed by atoms with Crippen molar-refractivity contribution in [3.8, 4) is 5.75 Å². The Morgan fingerprint density at radius 3 is 2.75 bits per heavy atom. The number of benzene rings is 1. The molecule has 4 nitrogen and oxygen atoms in total. The summed E-state index contributed by atoms with van der Waals surface area (Å²) in [7, 11) is -2.76. The van der Waals surface area contributed by atoms with Gasteiger partial charge in [-0.15, -0.1) is 0 Å². The highest BCUT2D eigenvalue weighted by Gasteiger charge is 2.21. The minimum absolute atomic E-state index is 0.0598. The van der Waals surface area contributed by atoms with E-state index in [9.17, 15) is 14.8 Å². The molecule has 1 aromatic rings. The average Bonchev–Trinajstić information content (AvgIpc) is 2.16. The number of phenolic OH excluding ortho intramolecular Hbond substituents is 1. The molecule has 1 unspecified atom stereocenters. The normalized spacial score (nSPS) is 16.7. The average molecular weight is 244 g/mol. The zero-order chi connectivity index (χ0) is 12.2. The van der Waals surface area contributed by atoms with Crippen LogP contribution in [0.5, 0.6) is 5.75 Å². The van der Waals surface area contributed by atoms with Gasteiger partial charge in [-0.05, 0) is 24.6 Å². The lowest BCUT2D eigenvalue weighted by Gasteiger charge is -2.17. The molecule has 2 N–H and O–H groups in total. The first kappa shape index (κ1) is 13.2. The third-order valence-electron chi connectivity index (χ3n) is 2.16. The number of hydrogen-bond donors (Lipinski definition) is 2. The lowest BCUT2D eigenvalue weighted by molar-refractivity contribution is 0.194. The zero-order valence-corrected chi connectivity index (χ0v) is 10.4. The molecule has 0 aliphatic heterocycles. The fraction of sp³-hybridized carbons (Fsp3) is 0.455. The highest BCUT2D eigenvalue weighted by molar-refractivity contribution is 7.58. The summed E-state index contributed by atoms with van der Waals surface area (Å²) in [4.78, 5) is 0. The molecule has 16 heavy (non-hydrogen) atoms. The number of aliphatic hydroxyl groups is 1. The molecule has 0 fully saturated rings. The molecular weight excluding hydrogens is 227 g/mol. The third kappa shape index (κ3) is 3.97. The Balaban J connectivity index is 2.72. The lowest BCUT2D eigenvalue weighted by Crippen LogP contribution is -2.05. The predicted octanol–water partition coefficient (Wildman–Crippen LogP) is 2.37. The number of aromatic hydroxyl groups is 1. The first-order valence-electron chi connectivity index (χ1n) is 5.12. The van der Waals surface area contributed by atoms with E-state index in [2.05, 4.69) is 0 Å². The van der Waals surface area contributed by atoms with Crippen LogP contribution in [0.15, 0.2) is 24.3 Å². The molecule has 90 valence electrons. The zero-order valence-electron chi connectivity index (χ0n) is 9.46. The minimum atomic E-state index is -2.76. The van der Waals surface area contributed by atoms with Crippen LogP contribution in [0.4, 0.5) is 0 Å². The van der Waals surface area contributed by atoms with Gasteiger partial charge in [-0.2, -0.15) is 0 Å². The second-order valence-corrected chi connectivity index (χ2v) is 6.38. The highest BCUT2D eigenvalue weighted by Crippen LogP contribution is 2.45. The van der Waals surface area contributed by atoms with Crippen LogP contribution >= 0.6 is 7.37 Å². The van der Waals surface area contributed by atoms with Gasteiger partial charge in [0.15, 0.2) is 0 Å². The summed E-state index contributed by atoms with van der Waals surface area (Å²) in [6.07, 6.45) is -0.820. The van der Waals surface area contributed by atoms with E-state index in [-0.39, 0.29) is 11.9 Å². The Morgan fingerprint density at radius 2 is 2.19 bits per heavy atom. The van der Waals surface area contributed by atoms with Gasteiger partial charge >= 0.3 is 0 Å². The summed E-state index contributed by atoms with van der Waals surface area (Å²) in [5.41, 5.74) is 0.543. The quantitative estimate of drug-likeness (QED) is 0.780. The van der Waals surface area contributed by atoms with Gasteiger partial charge in [0.2, 0.25) is 7.37 Å². The van der Waals surface area contributed by atoms with E-state index in [1.165, 1.54) is 18.8 Å². The summed E-state index contributed by atoms with van der Waals surface area (Å²) in [6.45, 7) is 3.62. The van der Waals surface area contributed by atoms with Crippen molar-refractivity contribution in [2.45, 2.75) is 13.0 Å². The monoisotopic (exact) mass is 244 g/mol. The Kier molecular flexibility index (Phi) is 4.54. The van der Waals surface area contributed by atoms with Gasteiger partial charge in [0.1, 0.15) is 5.75 Å². The van der Waals surface area contributed by atoms with E-state index in [1.807, 2.05) is 0 Å². The Bertz CT molecular complexity index is 391. The molecule has 2 atom stereocenters. The molecule has 0 aliphatic carbocycles. The second kappa shape index (κ2) is 5.48. The summed E-state index contributed by atoms with van der Waals surface area (Å²) in [5.74, 6) is 0.0823. The number of aliphatic hydroxyl groups excluding tert-OH is 1. The summed E-state index contributed by atoms with van der Waals surface area (Å²) in [6, 6.07) is 6.28. The van der Waals surface area contributed by atoms with Crippen LogP contribution in [0.1, 0.15) is 18.6 Å². The molecule has 0 heterocycles. The van der Waals surface area contributed by atoms with Crippen LogP contribution in [-0.4, -0.2) is 29.6 Å². The smallest absolute Gasteiger partial charge is 0.203 e. The van der Waals surface area contributed by atoms with Crippen molar-refractivity contribution in [1.29, 1.82) is 0 Å². The predicted molar refractivity (Wildman–Crippen MR) is 63.1 cm³/mol. The fourth-order valence-electron chi connectivity index (χ4n) is 1.48. The van der Waals surface area contributed by atoms with Crippen LogP contribution in [0, 0.1) is 0 Å². The van der Waals surface area contributed by atoms with Crippen molar-refractivity contribution in [1.82, 2.24) is 0 Å². The van der Waals surface area contributed by atoms with Crippen LogP contribution in [0.25, 0.3) is 0 Å². The first-order chi connectivity index (χ1) is 7.44. The van der Waals surface area contributed by atoms with E-state index >= 15 is 0 Å². The van der Waals surface area contributed by atoms with E-state index in [0.29, 0.717) is 12.2 Å². The Hall–Kier alpha value is -0.830. The molecule has 0 saturated heterocycles. The Morgan fingerprint density at radius 1 is 1.50 bits per heavy atom. The maximum Gasteiger partial charge on any atom is 0.203 e. The maximum atomic E-state index is 11.8. The SMILES string of the molecule is CCOP(C)(=O)C[C@@H](O)c1cccc(O)c1. The van der Waals surface area contributed by atoms with Crippen molar-refractivity contribution < 1.29 is 19.3 Å². The van der Waals surface area contributed by atoms with Gasteiger partial charge in [0, 0.05) is 6.66 Å². The number of rotatable bonds is 5. The topological polar surface area (TPSA) is 66.8 Å². The molecule has 0 bridgehead atoms. The van der Waals surface area contributed by atoms with Gasteiger partial charge in [0.05, 0.1) is 18.9 Å². The van der Waals surface area contributed by atoms with Crippen LogP contribution in [0.3, 0.4) is 0 Å². The molecule has 1 rings (SSSR count). The highest BCUT2D eigenvalue weighted by atomic mass is 31.2. The van der Waals surface area contributed by atoms with E-state index in [0.717, 1.165) is 0 Å².